The molecular weight excluding hydrogens is 464 g/mol. The van der Waals surface area contributed by atoms with Crippen LogP contribution in [0.5, 0.6) is 0 Å². The molecule has 2 aromatic carbocycles. The molecule has 1 heterocycles. The van der Waals surface area contributed by atoms with Gasteiger partial charge in [-0.3, -0.25) is 9.69 Å². The lowest BCUT2D eigenvalue weighted by Crippen LogP contribution is -2.45. The third-order valence-corrected chi connectivity index (χ3v) is 5.59. The Kier molecular flexibility index (Phi) is 5.32. The smallest absolute Gasteiger partial charge is 0.263 e. The van der Waals surface area contributed by atoms with Crippen molar-refractivity contribution < 1.29 is 4.79 Å². The lowest BCUT2D eigenvalue weighted by Gasteiger charge is -2.29. The molecule has 2 aromatic rings. The molecule has 0 atom stereocenters. The molecule has 0 aliphatic carbocycles. The Balaban J connectivity index is 2.17. The Hall–Kier alpha value is -1.24. The van der Waals surface area contributed by atoms with Gasteiger partial charge >= 0.3 is 0 Å². The molecule has 3 nitrogen and oxygen atoms in total. The molecule has 1 N–H and O–H groups in total. The number of rotatable bonds is 4. The average molecular weight is 482 g/mol. The highest BCUT2D eigenvalue weighted by atomic mass is 79.9. The van der Waals surface area contributed by atoms with E-state index in [0.29, 0.717) is 17.6 Å². The van der Waals surface area contributed by atoms with Crippen molar-refractivity contribution >= 4 is 55.1 Å². The van der Waals surface area contributed by atoms with Crippen molar-refractivity contribution in [2.45, 2.75) is 19.4 Å². The second kappa shape index (κ2) is 7.17. The van der Waals surface area contributed by atoms with Crippen LogP contribution in [-0.4, -0.2) is 22.5 Å². The van der Waals surface area contributed by atoms with Crippen LogP contribution in [0, 0.1) is 5.92 Å². The molecule has 1 fully saturated rings. The van der Waals surface area contributed by atoms with Crippen LogP contribution in [0.15, 0.2) is 57.5 Å². The first-order valence-electron chi connectivity index (χ1n) is 8.01. The number of nitrogens with one attached hydrogen (secondary N) is 1. The highest BCUT2D eigenvalue weighted by molar-refractivity contribution is 9.10. The van der Waals surface area contributed by atoms with Gasteiger partial charge in [-0.2, -0.15) is 0 Å². The van der Waals surface area contributed by atoms with E-state index < -0.39 is 5.54 Å². The Bertz CT molecular complexity index is 758. The van der Waals surface area contributed by atoms with Gasteiger partial charge in [-0.05, 0) is 53.5 Å². The maximum atomic E-state index is 13.5. The molecule has 1 amide bonds. The number of hydrogen-bond donors (Lipinski definition) is 1. The summed E-state index contributed by atoms with van der Waals surface area (Å²) in [6.07, 6.45) is 0. The van der Waals surface area contributed by atoms with Crippen LogP contribution in [-0.2, 0) is 10.3 Å². The van der Waals surface area contributed by atoms with Gasteiger partial charge in [0.1, 0.15) is 0 Å². The van der Waals surface area contributed by atoms with Crippen LogP contribution in [0.3, 0.4) is 0 Å². The van der Waals surface area contributed by atoms with Crippen LogP contribution in [0.4, 0.5) is 0 Å². The fourth-order valence-electron chi connectivity index (χ4n) is 3.06. The van der Waals surface area contributed by atoms with E-state index >= 15 is 0 Å². The predicted octanol–water partition coefficient (Wildman–Crippen LogP) is 4.83. The summed E-state index contributed by atoms with van der Waals surface area (Å²) in [6.45, 7) is 4.75. The standard InChI is InChI=1S/C19H18Br2N2OS/c1-12(2)11-23-17(24)19(22-18(23)25,13-3-7-15(20)8-4-13)14-5-9-16(21)10-6-14/h3-10,12H,11H2,1-2H3,(H,22,25). The van der Waals surface area contributed by atoms with Crippen LogP contribution < -0.4 is 5.32 Å². The summed E-state index contributed by atoms with van der Waals surface area (Å²) >= 11 is 12.4. The van der Waals surface area contributed by atoms with Crippen molar-refractivity contribution in [1.29, 1.82) is 0 Å². The maximum Gasteiger partial charge on any atom is 0.263 e. The van der Waals surface area contributed by atoms with Gasteiger partial charge in [0.15, 0.2) is 10.7 Å². The molecule has 6 heteroatoms. The van der Waals surface area contributed by atoms with E-state index in [4.69, 9.17) is 12.2 Å². The third kappa shape index (κ3) is 3.39. The Morgan fingerprint density at radius 3 is 1.84 bits per heavy atom. The molecule has 0 saturated carbocycles. The van der Waals surface area contributed by atoms with E-state index in [1.807, 2.05) is 48.5 Å². The minimum atomic E-state index is -0.993. The molecular formula is C19H18Br2N2OS. The zero-order chi connectivity index (χ0) is 18.2. The molecule has 3 rings (SSSR count). The van der Waals surface area contributed by atoms with E-state index in [0.717, 1.165) is 20.1 Å². The lowest BCUT2D eigenvalue weighted by atomic mass is 9.82. The number of carbonyl (C=O) groups excluding carboxylic acids is 1. The van der Waals surface area contributed by atoms with Crippen LogP contribution in [0.1, 0.15) is 25.0 Å². The summed E-state index contributed by atoms with van der Waals surface area (Å²) in [5, 5.41) is 3.80. The first kappa shape index (κ1) is 18.5. The van der Waals surface area contributed by atoms with Gasteiger partial charge in [0.25, 0.3) is 5.91 Å². The lowest BCUT2D eigenvalue weighted by molar-refractivity contribution is -0.130. The second-order valence-corrected chi connectivity index (χ2v) is 8.72. The van der Waals surface area contributed by atoms with Crippen LogP contribution in [0.25, 0.3) is 0 Å². The van der Waals surface area contributed by atoms with E-state index in [9.17, 15) is 4.79 Å². The van der Waals surface area contributed by atoms with Gasteiger partial charge in [-0.15, -0.1) is 0 Å². The largest absolute Gasteiger partial charge is 0.341 e. The molecule has 0 aromatic heterocycles. The number of amides is 1. The fraction of sp³-hybridized carbons (Fsp3) is 0.263. The quantitative estimate of drug-likeness (QED) is 0.635. The number of thiocarbonyl (C=S) groups is 1. The minimum Gasteiger partial charge on any atom is -0.341 e. The molecule has 25 heavy (non-hydrogen) atoms. The summed E-state index contributed by atoms with van der Waals surface area (Å²) in [7, 11) is 0. The number of halogens is 2. The Morgan fingerprint density at radius 2 is 1.44 bits per heavy atom. The van der Waals surface area contributed by atoms with Crippen LogP contribution >= 0.6 is 44.1 Å². The van der Waals surface area contributed by atoms with Crippen molar-refractivity contribution in [3.8, 4) is 0 Å². The first-order valence-corrected chi connectivity index (χ1v) is 10.00. The molecule has 0 unspecified atom stereocenters. The molecule has 0 bridgehead atoms. The number of hydrogen-bond acceptors (Lipinski definition) is 2. The zero-order valence-electron chi connectivity index (χ0n) is 13.9. The van der Waals surface area contributed by atoms with Gasteiger partial charge in [0, 0.05) is 15.5 Å². The van der Waals surface area contributed by atoms with Gasteiger partial charge < -0.3 is 5.32 Å². The topological polar surface area (TPSA) is 32.3 Å². The van der Waals surface area contributed by atoms with Crippen molar-refractivity contribution in [1.82, 2.24) is 10.2 Å². The van der Waals surface area contributed by atoms with Gasteiger partial charge in [0.05, 0.1) is 0 Å². The highest BCUT2D eigenvalue weighted by Gasteiger charge is 2.51. The normalized spacial score (nSPS) is 16.4. The van der Waals surface area contributed by atoms with E-state index in [2.05, 4.69) is 51.0 Å². The van der Waals surface area contributed by atoms with Gasteiger partial charge in [-0.1, -0.05) is 70.0 Å². The third-order valence-electron chi connectivity index (χ3n) is 4.21. The zero-order valence-corrected chi connectivity index (χ0v) is 17.9. The Labute approximate surface area is 170 Å². The summed E-state index contributed by atoms with van der Waals surface area (Å²) < 4.78 is 1.93. The summed E-state index contributed by atoms with van der Waals surface area (Å²) in [5.74, 6) is 0.296. The van der Waals surface area contributed by atoms with E-state index in [1.165, 1.54) is 0 Å². The summed E-state index contributed by atoms with van der Waals surface area (Å²) in [4.78, 5) is 15.2. The minimum absolute atomic E-state index is 0.0316. The van der Waals surface area contributed by atoms with Gasteiger partial charge in [0.2, 0.25) is 0 Å². The molecule has 1 aliphatic rings. The van der Waals surface area contributed by atoms with Crippen molar-refractivity contribution in [2.24, 2.45) is 5.92 Å². The van der Waals surface area contributed by atoms with E-state index in [1.54, 1.807) is 4.90 Å². The van der Waals surface area contributed by atoms with Crippen molar-refractivity contribution in [2.75, 3.05) is 6.54 Å². The molecule has 1 aliphatic heterocycles. The SMILES string of the molecule is CC(C)CN1C(=O)C(c2ccc(Br)cc2)(c2ccc(Br)cc2)NC1=S. The van der Waals surface area contributed by atoms with Gasteiger partial charge in [-0.25, -0.2) is 0 Å². The number of nitrogens with zero attached hydrogens (tertiary/aromatic N) is 1. The number of carbonyl (C=O) groups is 1. The highest BCUT2D eigenvalue weighted by Crippen LogP contribution is 2.37. The van der Waals surface area contributed by atoms with Crippen molar-refractivity contribution in [3.05, 3.63) is 68.6 Å². The van der Waals surface area contributed by atoms with Crippen molar-refractivity contribution in [3.63, 3.8) is 0 Å². The van der Waals surface area contributed by atoms with Crippen LogP contribution in [0.2, 0.25) is 0 Å². The monoisotopic (exact) mass is 480 g/mol. The number of benzene rings is 2. The molecule has 0 spiro atoms. The first-order chi connectivity index (χ1) is 11.8. The van der Waals surface area contributed by atoms with E-state index in [-0.39, 0.29) is 5.91 Å². The summed E-state index contributed by atoms with van der Waals surface area (Å²) in [6, 6.07) is 15.6. The molecule has 1 saturated heterocycles. The predicted molar refractivity (Wildman–Crippen MR) is 111 cm³/mol. The summed E-state index contributed by atoms with van der Waals surface area (Å²) in [5.41, 5.74) is 0.751. The second-order valence-electron chi connectivity index (χ2n) is 6.50. The molecule has 0 radical (unpaired) electrons. The maximum absolute atomic E-state index is 13.5. The Morgan fingerprint density at radius 1 is 1.00 bits per heavy atom. The average Bonchev–Trinajstić information content (AvgIpc) is 2.81. The molecule has 130 valence electrons. The fourth-order valence-corrected chi connectivity index (χ4v) is 3.90.